The molecule has 2 fully saturated rings. The molecule has 3 aliphatic rings. The van der Waals surface area contributed by atoms with E-state index in [4.69, 9.17) is 4.74 Å². The number of carbonyl (C=O) groups is 2. The summed E-state index contributed by atoms with van der Waals surface area (Å²) in [5, 5.41) is 10.2. The van der Waals surface area contributed by atoms with Crippen molar-refractivity contribution in [1.82, 2.24) is 9.47 Å². The van der Waals surface area contributed by atoms with Gasteiger partial charge in [0.15, 0.2) is 0 Å². The molecular formula is C25H26N2O5. The molecule has 1 aromatic heterocycles. The maximum absolute atomic E-state index is 13.3. The average Bonchev–Trinajstić information content (AvgIpc) is 3.63. The number of pyridine rings is 1. The third-order valence-corrected chi connectivity index (χ3v) is 6.98. The lowest BCUT2D eigenvalue weighted by Gasteiger charge is -2.38. The molecule has 166 valence electrons. The first-order valence-electron chi connectivity index (χ1n) is 11.0. The van der Waals surface area contributed by atoms with Crippen LogP contribution in [0.1, 0.15) is 35.7 Å². The Labute approximate surface area is 185 Å². The van der Waals surface area contributed by atoms with E-state index in [1.54, 1.807) is 21.6 Å². The largest absolute Gasteiger partial charge is 0.469 e. The number of methoxy groups -OCH3 is 1. The van der Waals surface area contributed by atoms with Gasteiger partial charge in [-0.1, -0.05) is 36.4 Å². The Morgan fingerprint density at radius 2 is 1.88 bits per heavy atom. The maximum Gasteiger partial charge on any atom is 0.311 e. The number of carbonyl (C=O) groups excluding carboxylic acids is 2. The van der Waals surface area contributed by atoms with Crippen LogP contribution in [-0.4, -0.2) is 46.2 Å². The summed E-state index contributed by atoms with van der Waals surface area (Å²) in [6.45, 7) is 0.00769. The van der Waals surface area contributed by atoms with E-state index in [-0.39, 0.29) is 30.5 Å². The number of esters is 1. The van der Waals surface area contributed by atoms with Gasteiger partial charge in [-0.3, -0.25) is 14.4 Å². The van der Waals surface area contributed by atoms with E-state index >= 15 is 0 Å². The molecule has 7 nitrogen and oxygen atoms in total. The topological polar surface area (TPSA) is 88.8 Å². The molecule has 1 amide bonds. The first-order valence-corrected chi connectivity index (χ1v) is 11.0. The quantitative estimate of drug-likeness (QED) is 0.728. The van der Waals surface area contributed by atoms with Crippen LogP contribution in [0.15, 0.2) is 47.3 Å². The zero-order chi connectivity index (χ0) is 22.4. The van der Waals surface area contributed by atoms with Crippen molar-refractivity contribution >= 4 is 24.0 Å². The van der Waals surface area contributed by atoms with E-state index in [9.17, 15) is 19.5 Å². The lowest BCUT2D eigenvalue weighted by Crippen LogP contribution is -2.49. The fourth-order valence-electron chi connectivity index (χ4n) is 5.25. The van der Waals surface area contributed by atoms with Crippen molar-refractivity contribution in [1.29, 1.82) is 0 Å². The Morgan fingerprint density at radius 1 is 1.12 bits per heavy atom. The van der Waals surface area contributed by atoms with Crippen molar-refractivity contribution in [3.63, 3.8) is 0 Å². The number of benzene rings is 1. The second kappa shape index (κ2) is 8.06. The van der Waals surface area contributed by atoms with E-state index in [1.807, 2.05) is 42.5 Å². The molecule has 2 aliphatic heterocycles. The molecule has 2 bridgehead atoms. The number of aliphatic hydroxyl groups excluding tert-OH is 1. The van der Waals surface area contributed by atoms with Gasteiger partial charge in [-0.25, -0.2) is 0 Å². The molecule has 32 heavy (non-hydrogen) atoms. The summed E-state index contributed by atoms with van der Waals surface area (Å²) in [6, 6.07) is 12.3. The highest BCUT2D eigenvalue weighted by molar-refractivity contribution is 5.85. The molecular weight excluding hydrogens is 408 g/mol. The van der Waals surface area contributed by atoms with Crippen LogP contribution < -0.4 is 5.56 Å². The molecule has 5 rings (SSSR count). The van der Waals surface area contributed by atoms with Gasteiger partial charge in [-0.15, -0.1) is 0 Å². The lowest BCUT2D eigenvalue weighted by molar-refractivity contribution is -0.148. The molecule has 1 aliphatic carbocycles. The molecule has 1 aromatic carbocycles. The predicted octanol–water partition coefficient (Wildman–Crippen LogP) is 2.09. The maximum atomic E-state index is 13.3. The Hall–Kier alpha value is -3.19. The third-order valence-electron chi connectivity index (χ3n) is 6.98. The number of hydrogen-bond donors (Lipinski definition) is 1. The number of ether oxygens (including phenoxy) is 1. The van der Waals surface area contributed by atoms with E-state index in [1.165, 1.54) is 7.11 Å². The molecule has 1 saturated carbocycles. The highest BCUT2D eigenvalue weighted by Gasteiger charge is 2.59. The molecule has 1 N–H and O–H groups in total. The van der Waals surface area contributed by atoms with Gasteiger partial charge in [0.2, 0.25) is 5.91 Å². The number of nitrogens with zero attached hydrogens (tertiary/aromatic N) is 2. The van der Waals surface area contributed by atoms with Gasteiger partial charge in [-0.05, 0) is 36.6 Å². The Bertz CT molecular complexity index is 1130. The first kappa shape index (κ1) is 20.7. The lowest BCUT2D eigenvalue weighted by atomic mass is 9.87. The molecule has 0 unspecified atom stereocenters. The standard InChI is InChI=1S/C25H26N2O5/c1-32-25(31)21-18(14-28)20-13-26-19(22(21)27(20)24(30)17-9-10-17)12-11-16(23(26)29)8-7-15-5-3-2-4-6-15/h2-8,11-12,17-18,20-22,28H,9-10,13-14H2,1H3/b8-7+/t18-,20-,21+,22+/m0/s1. The molecule has 0 radical (unpaired) electrons. The van der Waals surface area contributed by atoms with Crippen LogP contribution in [0.5, 0.6) is 0 Å². The Balaban J connectivity index is 1.58. The Kier molecular flexibility index (Phi) is 5.21. The minimum absolute atomic E-state index is 0.0107. The van der Waals surface area contributed by atoms with Crippen molar-refractivity contribution in [3.8, 4) is 0 Å². The second-order valence-electron chi connectivity index (χ2n) is 8.80. The van der Waals surface area contributed by atoms with Crippen LogP contribution in [-0.2, 0) is 20.9 Å². The smallest absolute Gasteiger partial charge is 0.311 e. The van der Waals surface area contributed by atoms with Crippen molar-refractivity contribution in [3.05, 3.63) is 69.6 Å². The monoisotopic (exact) mass is 434 g/mol. The number of fused-ring (bicyclic) bond motifs is 4. The van der Waals surface area contributed by atoms with E-state index in [0.29, 0.717) is 11.3 Å². The third kappa shape index (κ3) is 3.28. The molecule has 7 heteroatoms. The molecule has 4 atom stereocenters. The van der Waals surface area contributed by atoms with E-state index in [0.717, 1.165) is 18.4 Å². The molecule has 1 saturated heterocycles. The number of hydrogen-bond acceptors (Lipinski definition) is 5. The highest BCUT2D eigenvalue weighted by atomic mass is 16.5. The summed E-state index contributed by atoms with van der Waals surface area (Å²) < 4.78 is 6.72. The van der Waals surface area contributed by atoms with Crippen molar-refractivity contribution in [2.45, 2.75) is 31.5 Å². The van der Waals surface area contributed by atoms with Gasteiger partial charge in [-0.2, -0.15) is 0 Å². The fraction of sp³-hybridized carbons (Fsp3) is 0.400. The van der Waals surface area contributed by atoms with Gasteiger partial charge >= 0.3 is 5.97 Å². The van der Waals surface area contributed by atoms with Crippen molar-refractivity contribution in [2.75, 3.05) is 13.7 Å². The SMILES string of the molecule is COC(=O)[C@@H]1[C@@H](CO)[C@@H]2Cn3c(ccc(/C=C/c4ccccc4)c3=O)[C@H]1N2C(=O)C1CC1. The van der Waals surface area contributed by atoms with Crippen LogP contribution in [0.25, 0.3) is 12.2 Å². The van der Waals surface area contributed by atoms with Crippen molar-refractivity contribution < 1.29 is 19.4 Å². The molecule has 0 spiro atoms. The molecule has 2 aromatic rings. The summed E-state index contributed by atoms with van der Waals surface area (Å²) >= 11 is 0. The summed E-state index contributed by atoms with van der Waals surface area (Å²) in [6.07, 6.45) is 5.36. The van der Waals surface area contributed by atoms with E-state index < -0.39 is 29.9 Å². The zero-order valence-electron chi connectivity index (χ0n) is 17.9. The van der Waals surface area contributed by atoms with E-state index in [2.05, 4.69) is 0 Å². The zero-order valence-corrected chi connectivity index (χ0v) is 17.9. The number of aromatic nitrogens is 1. The van der Waals surface area contributed by atoms with Crippen LogP contribution in [0.4, 0.5) is 0 Å². The number of amides is 1. The number of aliphatic hydroxyl groups is 1. The molecule has 3 heterocycles. The van der Waals surface area contributed by atoms with Gasteiger partial charge in [0.05, 0.1) is 25.1 Å². The van der Waals surface area contributed by atoms with Gasteiger partial charge in [0, 0.05) is 36.2 Å². The van der Waals surface area contributed by atoms with Gasteiger partial charge < -0.3 is 19.3 Å². The highest BCUT2D eigenvalue weighted by Crippen LogP contribution is 2.50. The average molecular weight is 434 g/mol. The number of rotatable bonds is 5. The summed E-state index contributed by atoms with van der Waals surface area (Å²) in [4.78, 5) is 41.0. The normalized spacial score (nSPS) is 26.2. The van der Waals surface area contributed by atoms with Crippen LogP contribution in [0.3, 0.4) is 0 Å². The van der Waals surface area contributed by atoms with Gasteiger partial charge in [0.1, 0.15) is 0 Å². The van der Waals surface area contributed by atoms with Crippen LogP contribution in [0.2, 0.25) is 0 Å². The first-order chi connectivity index (χ1) is 15.5. The van der Waals surface area contributed by atoms with Crippen LogP contribution >= 0.6 is 0 Å². The fourth-order valence-corrected chi connectivity index (χ4v) is 5.25. The van der Waals surface area contributed by atoms with Crippen molar-refractivity contribution in [2.24, 2.45) is 17.8 Å². The predicted molar refractivity (Wildman–Crippen MR) is 118 cm³/mol. The summed E-state index contributed by atoms with van der Waals surface area (Å²) in [5.74, 6) is -1.65. The Morgan fingerprint density at radius 3 is 2.53 bits per heavy atom. The second-order valence-corrected chi connectivity index (χ2v) is 8.80. The summed E-state index contributed by atoms with van der Waals surface area (Å²) in [7, 11) is 1.32. The minimum atomic E-state index is -0.698. The minimum Gasteiger partial charge on any atom is -0.469 e. The summed E-state index contributed by atoms with van der Waals surface area (Å²) in [5.41, 5.74) is 1.99. The van der Waals surface area contributed by atoms with Gasteiger partial charge in [0.25, 0.3) is 5.56 Å². The van der Waals surface area contributed by atoms with Crippen LogP contribution in [0, 0.1) is 17.8 Å².